The van der Waals surface area contributed by atoms with E-state index in [1.165, 1.54) is 63.4 Å². The Morgan fingerprint density at radius 3 is 2.24 bits per heavy atom. The highest BCUT2D eigenvalue weighted by molar-refractivity contribution is 5.66. The maximum Gasteiger partial charge on any atom is 0.302 e. The van der Waals surface area contributed by atoms with Crippen molar-refractivity contribution in [3.05, 3.63) is 12.2 Å². The van der Waals surface area contributed by atoms with Crippen LogP contribution in [-0.2, 0) is 9.53 Å². The van der Waals surface area contributed by atoms with Crippen LogP contribution in [0.3, 0.4) is 0 Å². The first-order chi connectivity index (χ1) is 15.7. The largest absolute Gasteiger partial charge is 0.462 e. The number of carbonyl (C=O) groups is 1. The number of allylic oxidation sites excluding steroid dienone is 1. The average molecular weight is 469 g/mol. The van der Waals surface area contributed by atoms with Crippen LogP contribution in [-0.4, -0.2) is 12.1 Å². The minimum atomic E-state index is -0.108. The fourth-order valence-electron chi connectivity index (χ4n) is 11.8. The summed E-state index contributed by atoms with van der Waals surface area (Å²) in [5.74, 6) is 3.64. The van der Waals surface area contributed by atoms with Crippen molar-refractivity contribution >= 4 is 5.97 Å². The SMILES string of the molecule is C=C1CC[C@]2(C)CC[C@]3(C)[C@H](CC[C@@H]4[C@@]5(C)CC[C@H](OC(C)=O)C(C)(C)[C@@H]5CC[C@]43C)C2[C@@H]1C. The highest BCUT2D eigenvalue weighted by atomic mass is 16.5. The van der Waals surface area contributed by atoms with Crippen LogP contribution in [0.5, 0.6) is 0 Å². The van der Waals surface area contributed by atoms with Gasteiger partial charge in [0.15, 0.2) is 0 Å². The third-order valence-electron chi connectivity index (χ3n) is 13.8. The first-order valence-electron chi connectivity index (χ1n) is 14.6. The van der Waals surface area contributed by atoms with Crippen LogP contribution in [0.1, 0.15) is 120 Å². The lowest BCUT2D eigenvalue weighted by atomic mass is 9.31. The van der Waals surface area contributed by atoms with E-state index < -0.39 is 0 Å². The summed E-state index contributed by atoms with van der Waals surface area (Å²) >= 11 is 0. The van der Waals surface area contributed by atoms with Gasteiger partial charge < -0.3 is 4.74 Å². The first kappa shape index (κ1) is 24.9. The molecule has 0 bridgehead atoms. The van der Waals surface area contributed by atoms with Crippen LogP contribution in [0.25, 0.3) is 0 Å². The highest BCUT2D eigenvalue weighted by Gasteiger charge is 2.70. The van der Waals surface area contributed by atoms with Crippen LogP contribution in [0, 0.1) is 56.7 Å². The molecular weight excluding hydrogens is 416 g/mol. The monoisotopic (exact) mass is 468 g/mol. The summed E-state index contributed by atoms with van der Waals surface area (Å²) in [4.78, 5) is 11.9. The molecule has 2 nitrogen and oxygen atoms in total. The lowest BCUT2D eigenvalue weighted by molar-refractivity contribution is -0.253. The highest BCUT2D eigenvalue weighted by Crippen LogP contribution is 2.77. The van der Waals surface area contributed by atoms with E-state index in [2.05, 4.69) is 55.0 Å². The molecule has 10 atom stereocenters. The van der Waals surface area contributed by atoms with E-state index in [-0.39, 0.29) is 17.5 Å². The summed E-state index contributed by atoms with van der Waals surface area (Å²) in [5.41, 5.74) is 3.28. The molecule has 0 saturated heterocycles. The molecular formula is C32H52O2. The zero-order valence-corrected chi connectivity index (χ0v) is 23.6. The Morgan fingerprint density at radius 1 is 0.853 bits per heavy atom. The van der Waals surface area contributed by atoms with Gasteiger partial charge in [-0.1, -0.05) is 60.6 Å². The number of ether oxygens (including phenoxy) is 1. The zero-order chi connectivity index (χ0) is 24.9. The Labute approximate surface area is 210 Å². The topological polar surface area (TPSA) is 26.3 Å². The van der Waals surface area contributed by atoms with Crippen molar-refractivity contribution in [2.75, 3.05) is 0 Å². The van der Waals surface area contributed by atoms with Gasteiger partial charge in [0.25, 0.3) is 0 Å². The predicted molar refractivity (Wildman–Crippen MR) is 140 cm³/mol. The van der Waals surface area contributed by atoms with Gasteiger partial charge in [0, 0.05) is 12.3 Å². The second kappa shape index (κ2) is 7.61. The summed E-state index contributed by atoms with van der Waals surface area (Å²) < 4.78 is 5.91. The third-order valence-corrected chi connectivity index (χ3v) is 13.8. The molecule has 1 unspecified atom stereocenters. The molecule has 0 radical (unpaired) electrons. The maximum atomic E-state index is 11.9. The Bertz CT molecular complexity index is 872. The summed E-state index contributed by atoms with van der Waals surface area (Å²) in [5, 5.41) is 0. The molecule has 0 aromatic carbocycles. The molecule has 0 spiro atoms. The van der Waals surface area contributed by atoms with Crippen molar-refractivity contribution in [3.63, 3.8) is 0 Å². The Hall–Kier alpha value is -0.790. The number of carbonyl (C=O) groups excluding carboxylic acids is 1. The van der Waals surface area contributed by atoms with Crippen LogP contribution in [0.4, 0.5) is 0 Å². The molecule has 34 heavy (non-hydrogen) atoms. The third kappa shape index (κ3) is 3.08. The van der Waals surface area contributed by atoms with E-state index >= 15 is 0 Å². The van der Waals surface area contributed by atoms with Gasteiger partial charge in [-0.05, 0) is 115 Å². The molecule has 5 aliphatic rings. The summed E-state index contributed by atoms with van der Waals surface area (Å²) in [7, 11) is 0. The van der Waals surface area contributed by atoms with Gasteiger partial charge in [0.05, 0.1) is 0 Å². The molecule has 5 rings (SSSR count). The van der Waals surface area contributed by atoms with Crippen molar-refractivity contribution in [1.29, 1.82) is 0 Å². The van der Waals surface area contributed by atoms with Crippen molar-refractivity contribution < 1.29 is 9.53 Å². The predicted octanol–water partition coefficient (Wildman–Crippen LogP) is 8.60. The average Bonchev–Trinajstić information content (AvgIpc) is 2.74. The molecule has 5 saturated carbocycles. The Morgan fingerprint density at radius 2 is 1.56 bits per heavy atom. The molecule has 0 N–H and O–H groups in total. The standard InChI is InChI=1S/C32H52O2/c1-20-12-15-29(6)18-19-31(8)23(27(29)21(20)2)10-11-25-30(7)16-14-26(34-22(3)33)28(4,5)24(30)13-17-32(25,31)9/h21,23-27H,1,10-19H2,2-9H3/t21-,23-,24+,25-,26+,27?,29-,30+,31-,32-/m1/s1. The van der Waals surface area contributed by atoms with Gasteiger partial charge in [-0.15, -0.1) is 0 Å². The minimum Gasteiger partial charge on any atom is -0.462 e. The molecule has 0 aromatic rings. The van der Waals surface area contributed by atoms with Gasteiger partial charge in [-0.3, -0.25) is 4.79 Å². The van der Waals surface area contributed by atoms with Gasteiger partial charge in [-0.25, -0.2) is 0 Å². The van der Waals surface area contributed by atoms with Crippen LogP contribution in [0.2, 0.25) is 0 Å². The molecule has 0 heterocycles. The van der Waals surface area contributed by atoms with Crippen molar-refractivity contribution in [2.24, 2.45) is 56.7 Å². The smallest absolute Gasteiger partial charge is 0.302 e. The van der Waals surface area contributed by atoms with Gasteiger partial charge >= 0.3 is 5.97 Å². The van der Waals surface area contributed by atoms with Gasteiger partial charge in [0.2, 0.25) is 0 Å². The van der Waals surface area contributed by atoms with Crippen LogP contribution >= 0.6 is 0 Å². The summed E-state index contributed by atoms with van der Waals surface area (Å²) in [6.07, 6.45) is 13.2. The fraction of sp³-hybridized carbons (Fsp3) is 0.906. The molecule has 0 aromatic heterocycles. The molecule has 0 aliphatic heterocycles. The fourth-order valence-corrected chi connectivity index (χ4v) is 11.8. The van der Waals surface area contributed by atoms with E-state index in [4.69, 9.17) is 4.74 Å². The van der Waals surface area contributed by atoms with E-state index in [9.17, 15) is 4.79 Å². The Kier molecular flexibility index (Phi) is 5.57. The number of fused-ring (bicyclic) bond motifs is 7. The van der Waals surface area contributed by atoms with E-state index in [1.807, 2.05) is 0 Å². The number of esters is 1. The normalized spacial score (nSPS) is 54.2. The molecule has 192 valence electrons. The number of rotatable bonds is 1. The van der Waals surface area contributed by atoms with E-state index in [0.29, 0.717) is 33.5 Å². The maximum absolute atomic E-state index is 11.9. The molecule has 5 fully saturated rings. The second-order valence-corrected chi connectivity index (χ2v) is 15.3. The molecule has 2 heteroatoms. The lowest BCUT2D eigenvalue weighted by Gasteiger charge is -2.73. The van der Waals surface area contributed by atoms with Crippen molar-refractivity contribution in [1.82, 2.24) is 0 Å². The molecule has 0 amide bonds. The first-order valence-corrected chi connectivity index (χ1v) is 14.6. The number of hydrogen-bond acceptors (Lipinski definition) is 2. The summed E-state index contributed by atoms with van der Waals surface area (Å²) in [6, 6.07) is 0. The van der Waals surface area contributed by atoms with E-state index in [1.54, 1.807) is 6.92 Å². The lowest BCUT2D eigenvalue weighted by Crippen LogP contribution is -2.67. The summed E-state index contributed by atoms with van der Waals surface area (Å²) in [6.45, 7) is 24.2. The van der Waals surface area contributed by atoms with E-state index in [0.717, 1.165) is 24.2 Å². The minimum absolute atomic E-state index is 0.0541. The van der Waals surface area contributed by atoms with Crippen LogP contribution in [0.15, 0.2) is 12.2 Å². The van der Waals surface area contributed by atoms with Crippen LogP contribution < -0.4 is 0 Å². The molecule has 5 aliphatic carbocycles. The van der Waals surface area contributed by atoms with Gasteiger partial charge in [0.1, 0.15) is 6.10 Å². The van der Waals surface area contributed by atoms with Crippen molar-refractivity contribution in [3.8, 4) is 0 Å². The van der Waals surface area contributed by atoms with Gasteiger partial charge in [-0.2, -0.15) is 0 Å². The second-order valence-electron chi connectivity index (χ2n) is 15.3. The zero-order valence-electron chi connectivity index (χ0n) is 23.6. The van der Waals surface area contributed by atoms with Crippen molar-refractivity contribution in [2.45, 2.75) is 126 Å². The quantitative estimate of drug-likeness (QED) is 0.284. The number of hydrogen-bond donors (Lipinski definition) is 0. The Balaban J connectivity index is 1.50.